The summed E-state index contributed by atoms with van der Waals surface area (Å²) in [6, 6.07) is 1.73. The maximum Gasteiger partial charge on any atom is 0.228 e. The zero-order valence-electron chi connectivity index (χ0n) is 10.8. The Morgan fingerprint density at radius 1 is 1.53 bits per heavy atom. The molecule has 0 saturated heterocycles. The predicted molar refractivity (Wildman–Crippen MR) is 65.8 cm³/mol. The molecule has 0 aromatic carbocycles. The third-order valence-electron chi connectivity index (χ3n) is 2.20. The molecule has 7 heteroatoms. The van der Waals surface area contributed by atoms with E-state index in [-0.39, 0.29) is 13.0 Å². The van der Waals surface area contributed by atoms with E-state index in [0.717, 1.165) is 0 Å². The largest absolute Gasteiger partial charge is 0.387 e. The van der Waals surface area contributed by atoms with Crippen LogP contribution in [0.4, 0.5) is 0 Å². The minimum absolute atomic E-state index is 0.105. The number of nitriles is 1. The van der Waals surface area contributed by atoms with Crippen molar-refractivity contribution >= 4 is 10.0 Å². The Morgan fingerprint density at radius 3 is 2.41 bits per heavy atom. The van der Waals surface area contributed by atoms with E-state index in [1.807, 2.05) is 0 Å². The Kier molecular flexibility index (Phi) is 6.05. The summed E-state index contributed by atoms with van der Waals surface area (Å²) in [6.07, 6.45) is 0.224. The Bertz CT molecular complexity index is 371. The molecule has 0 fully saturated rings. The first-order valence-electron chi connectivity index (χ1n) is 5.40. The van der Waals surface area contributed by atoms with Gasteiger partial charge in [-0.2, -0.15) is 5.26 Å². The zero-order chi connectivity index (χ0) is 13.7. The van der Waals surface area contributed by atoms with Crippen LogP contribution in [0.1, 0.15) is 20.3 Å². The molecule has 0 rings (SSSR count). The van der Waals surface area contributed by atoms with E-state index in [9.17, 15) is 13.5 Å². The van der Waals surface area contributed by atoms with Crippen LogP contribution in [0.25, 0.3) is 0 Å². The van der Waals surface area contributed by atoms with Gasteiger partial charge in [-0.25, -0.2) is 13.1 Å². The van der Waals surface area contributed by atoms with Crippen molar-refractivity contribution in [1.82, 2.24) is 9.62 Å². The van der Waals surface area contributed by atoms with Crippen LogP contribution in [0.3, 0.4) is 0 Å². The molecule has 17 heavy (non-hydrogen) atoms. The zero-order valence-corrected chi connectivity index (χ0v) is 11.6. The summed E-state index contributed by atoms with van der Waals surface area (Å²) in [6.45, 7) is 3.40. The van der Waals surface area contributed by atoms with E-state index < -0.39 is 20.9 Å². The molecule has 0 spiro atoms. The van der Waals surface area contributed by atoms with Crippen LogP contribution in [0.5, 0.6) is 0 Å². The number of hydrogen-bond donors (Lipinski definition) is 2. The summed E-state index contributed by atoms with van der Waals surface area (Å²) < 4.78 is 25.6. The predicted octanol–water partition coefficient (Wildman–Crippen LogP) is -0.479. The van der Waals surface area contributed by atoms with E-state index >= 15 is 0 Å². The summed E-state index contributed by atoms with van der Waals surface area (Å²) >= 11 is 0. The molecule has 2 N–H and O–H groups in total. The molecule has 2 unspecified atom stereocenters. The van der Waals surface area contributed by atoms with Gasteiger partial charge in [0.05, 0.1) is 11.7 Å². The average molecular weight is 263 g/mol. The van der Waals surface area contributed by atoms with Gasteiger partial charge in [0.25, 0.3) is 0 Å². The van der Waals surface area contributed by atoms with Crippen molar-refractivity contribution in [1.29, 1.82) is 5.26 Å². The molecule has 0 radical (unpaired) electrons. The minimum Gasteiger partial charge on any atom is -0.387 e. The fourth-order valence-corrected chi connectivity index (χ4v) is 2.76. The van der Waals surface area contributed by atoms with E-state index in [4.69, 9.17) is 5.26 Å². The molecule has 0 bridgehead atoms. The molecule has 0 heterocycles. The van der Waals surface area contributed by atoms with Gasteiger partial charge in [-0.1, -0.05) is 6.92 Å². The summed E-state index contributed by atoms with van der Waals surface area (Å²) in [7, 11) is -0.111. The maximum atomic E-state index is 11.7. The van der Waals surface area contributed by atoms with Gasteiger partial charge in [-0.15, -0.1) is 0 Å². The lowest BCUT2D eigenvalue weighted by atomic mass is 10.1. The number of nitrogens with zero attached hydrogens (tertiary/aromatic N) is 2. The number of likely N-dealkylation sites (N-methyl/N-ethyl adjacent to an activating group) is 1. The highest BCUT2D eigenvalue weighted by atomic mass is 32.2. The quantitative estimate of drug-likeness (QED) is 0.647. The summed E-state index contributed by atoms with van der Waals surface area (Å²) in [5.74, 6) is 0. The third-order valence-corrected chi connectivity index (χ3v) is 3.93. The lowest BCUT2D eigenvalue weighted by Gasteiger charge is -2.27. The van der Waals surface area contributed by atoms with E-state index in [2.05, 4.69) is 4.72 Å². The lowest BCUT2D eigenvalue weighted by Crippen LogP contribution is -2.48. The average Bonchev–Trinajstić information content (AvgIpc) is 2.15. The number of aliphatic hydroxyl groups is 1. The van der Waals surface area contributed by atoms with Gasteiger partial charge >= 0.3 is 0 Å². The van der Waals surface area contributed by atoms with Crippen molar-refractivity contribution < 1.29 is 13.5 Å². The number of hydrogen-bond acceptors (Lipinski definition) is 5. The van der Waals surface area contributed by atoms with Crippen LogP contribution in [0.2, 0.25) is 0 Å². The molecular weight excluding hydrogens is 242 g/mol. The summed E-state index contributed by atoms with van der Waals surface area (Å²) in [5.41, 5.74) is -1.16. The van der Waals surface area contributed by atoms with Gasteiger partial charge in [0, 0.05) is 13.1 Å². The fraction of sp³-hybridized carbons (Fsp3) is 0.900. The lowest BCUT2D eigenvalue weighted by molar-refractivity contribution is 0.0385. The molecule has 0 aliphatic heterocycles. The Morgan fingerprint density at radius 2 is 2.06 bits per heavy atom. The monoisotopic (exact) mass is 263 g/mol. The van der Waals surface area contributed by atoms with Crippen molar-refractivity contribution in [3.05, 3.63) is 0 Å². The number of nitrogens with one attached hydrogen (secondary N) is 1. The Labute approximate surface area is 103 Å². The molecule has 0 saturated carbocycles. The van der Waals surface area contributed by atoms with Gasteiger partial charge < -0.3 is 10.0 Å². The topological polar surface area (TPSA) is 93.4 Å². The van der Waals surface area contributed by atoms with E-state index in [0.29, 0.717) is 6.54 Å². The first-order valence-corrected chi connectivity index (χ1v) is 6.94. The van der Waals surface area contributed by atoms with E-state index in [1.165, 1.54) is 0 Å². The fourth-order valence-electron chi connectivity index (χ4n) is 1.47. The molecule has 0 amide bonds. The van der Waals surface area contributed by atoms with Crippen LogP contribution in [-0.2, 0) is 10.0 Å². The summed E-state index contributed by atoms with van der Waals surface area (Å²) in [4.78, 5) is 1.76. The first-order chi connectivity index (χ1) is 7.64. The van der Waals surface area contributed by atoms with Gasteiger partial charge in [0.2, 0.25) is 10.0 Å². The van der Waals surface area contributed by atoms with Crippen molar-refractivity contribution in [3.8, 4) is 6.07 Å². The minimum atomic E-state index is -3.68. The molecule has 6 nitrogen and oxygen atoms in total. The second-order valence-electron chi connectivity index (χ2n) is 4.63. The molecule has 100 valence electrons. The second-order valence-corrected chi connectivity index (χ2v) is 6.57. The van der Waals surface area contributed by atoms with Crippen LogP contribution in [-0.4, -0.2) is 56.5 Å². The van der Waals surface area contributed by atoms with Gasteiger partial charge in [0.1, 0.15) is 0 Å². The number of rotatable bonds is 7. The molecule has 0 aliphatic rings. The highest BCUT2D eigenvalue weighted by Crippen LogP contribution is 2.07. The normalized spacial score (nSPS) is 17.5. The Balaban J connectivity index is 4.52. The second kappa shape index (κ2) is 6.31. The van der Waals surface area contributed by atoms with Crippen LogP contribution >= 0.6 is 0 Å². The smallest absolute Gasteiger partial charge is 0.228 e. The van der Waals surface area contributed by atoms with Crippen molar-refractivity contribution in [2.75, 3.05) is 27.2 Å². The van der Waals surface area contributed by atoms with Crippen molar-refractivity contribution in [3.63, 3.8) is 0 Å². The summed E-state index contributed by atoms with van der Waals surface area (Å²) in [5, 5.41) is 17.5. The molecular formula is C10H21N3O3S. The van der Waals surface area contributed by atoms with Crippen molar-refractivity contribution in [2.45, 2.75) is 31.1 Å². The van der Waals surface area contributed by atoms with Crippen LogP contribution < -0.4 is 4.72 Å². The Hall–Kier alpha value is -0.680. The van der Waals surface area contributed by atoms with E-state index in [1.54, 1.807) is 38.9 Å². The molecule has 0 aromatic rings. The molecule has 2 atom stereocenters. The standard InChI is InChI=1S/C10H21N3O3S/c1-5-9(6-11)17(15,16)12-7-10(2,14)8-13(3)4/h9,12,14H,5,7-8H2,1-4H3. The SMILES string of the molecule is CCC(C#N)S(=O)(=O)NCC(C)(O)CN(C)C. The van der Waals surface area contributed by atoms with Crippen LogP contribution in [0.15, 0.2) is 0 Å². The first kappa shape index (κ1) is 16.3. The third kappa shape index (κ3) is 5.98. The van der Waals surface area contributed by atoms with Gasteiger partial charge in [-0.3, -0.25) is 0 Å². The number of sulfonamides is 1. The highest BCUT2D eigenvalue weighted by molar-refractivity contribution is 7.90. The molecule has 0 aliphatic carbocycles. The van der Waals surface area contributed by atoms with Crippen LogP contribution in [0, 0.1) is 11.3 Å². The maximum absolute atomic E-state index is 11.7. The van der Waals surface area contributed by atoms with Crippen molar-refractivity contribution in [2.24, 2.45) is 0 Å². The van der Waals surface area contributed by atoms with Gasteiger partial charge in [0.15, 0.2) is 5.25 Å². The molecule has 0 aromatic heterocycles. The highest BCUT2D eigenvalue weighted by Gasteiger charge is 2.28. The van der Waals surface area contributed by atoms with Gasteiger partial charge in [-0.05, 0) is 27.4 Å².